The molecule has 0 amide bonds. The molecule has 1 heterocycles. The maximum atomic E-state index is 10.0. The Morgan fingerprint density at radius 2 is 2.14 bits per heavy atom. The topological polar surface area (TPSA) is 41.5 Å². The predicted octanol–water partition coefficient (Wildman–Crippen LogP) is 2.90. The van der Waals surface area contributed by atoms with Crippen LogP contribution in [0.5, 0.6) is 0 Å². The second-order valence-corrected chi connectivity index (χ2v) is 6.38. The van der Waals surface area contributed by atoms with Gasteiger partial charge in [-0.25, -0.2) is 0 Å². The molecule has 4 atom stereocenters. The third-order valence-corrected chi connectivity index (χ3v) is 5.34. The molecule has 4 rings (SSSR count). The van der Waals surface area contributed by atoms with Crippen molar-refractivity contribution in [1.29, 1.82) is 0 Å². The highest BCUT2D eigenvalue weighted by Crippen LogP contribution is 2.52. The van der Waals surface area contributed by atoms with Gasteiger partial charge in [-0.1, -0.05) is 43.3 Å². The normalized spacial score (nSPS) is 32.1. The fourth-order valence-corrected chi connectivity index (χ4v) is 4.33. The summed E-state index contributed by atoms with van der Waals surface area (Å²) in [4.78, 5) is 5.78. The minimum absolute atomic E-state index is 0.142. The van der Waals surface area contributed by atoms with E-state index < -0.39 is 6.10 Å². The lowest BCUT2D eigenvalue weighted by Crippen LogP contribution is -2.40. The van der Waals surface area contributed by atoms with Gasteiger partial charge < -0.3 is 5.11 Å². The zero-order chi connectivity index (χ0) is 14.6. The van der Waals surface area contributed by atoms with E-state index in [0.717, 1.165) is 12.8 Å². The van der Waals surface area contributed by atoms with Crippen LogP contribution in [0.25, 0.3) is 10.8 Å². The Hall–Kier alpha value is -1.42. The highest BCUT2D eigenvalue weighted by atomic mass is 16.7. The molecule has 2 aliphatic rings. The lowest BCUT2D eigenvalue weighted by atomic mass is 9.78. The van der Waals surface area contributed by atoms with Crippen molar-refractivity contribution < 1.29 is 9.94 Å². The number of rotatable bonds is 2. The largest absolute Gasteiger partial charge is 0.391 e. The molecular weight excluding hydrogens is 262 g/mol. The monoisotopic (exact) mass is 283 g/mol. The predicted molar refractivity (Wildman–Crippen MR) is 82.8 cm³/mol. The van der Waals surface area contributed by atoms with Gasteiger partial charge in [0.25, 0.3) is 0 Å². The number of aliphatic hydroxyl groups excluding tert-OH is 1. The van der Waals surface area contributed by atoms with Gasteiger partial charge in [0.2, 0.25) is 0 Å². The number of benzene rings is 2. The Morgan fingerprint density at radius 1 is 1.33 bits per heavy atom. The first-order valence-corrected chi connectivity index (χ1v) is 7.79. The molecule has 0 bridgehead atoms. The quantitative estimate of drug-likeness (QED) is 0.890. The summed E-state index contributed by atoms with van der Waals surface area (Å²) in [7, 11) is 0. The number of hydrogen-bond donors (Lipinski definition) is 2. The van der Waals surface area contributed by atoms with Gasteiger partial charge in [-0.3, -0.25) is 4.84 Å². The fourth-order valence-electron chi connectivity index (χ4n) is 4.33. The Labute approximate surface area is 124 Å². The molecule has 110 valence electrons. The molecule has 1 fully saturated rings. The summed E-state index contributed by atoms with van der Waals surface area (Å²) in [5.74, 6) is 0.295. The van der Waals surface area contributed by atoms with Crippen LogP contribution >= 0.6 is 0 Å². The maximum absolute atomic E-state index is 10.0. The number of aliphatic hydroxyl groups is 1. The first kappa shape index (κ1) is 13.3. The number of hydroxylamine groups is 1. The van der Waals surface area contributed by atoms with Gasteiger partial charge in [0.1, 0.15) is 6.10 Å². The summed E-state index contributed by atoms with van der Waals surface area (Å²) in [6, 6.07) is 13.0. The second kappa shape index (κ2) is 4.54. The summed E-state index contributed by atoms with van der Waals surface area (Å²) >= 11 is 0. The third kappa shape index (κ3) is 1.65. The van der Waals surface area contributed by atoms with E-state index in [0.29, 0.717) is 5.92 Å². The van der Waals surface area contributed by atoms with E-state index >= 15 is 0 Å². The van der Waals surface area contributed by atoms with Crippen LogP contribution in [-0.2, 0) is 16.8 Å². The molecule has 3 nitrogen and oxygen atoms in total. The van der Waals surface area contributed by atoms with Crippen molar-refractivity contribution >= 4 is 10.8 Å². The van der Waals surface area contributed by atoms with Crippen LogP contribution in [0.15, 0.2) is 36.4 Å². The Bertz CT molecular complexity index is 697. The molecule has 1 aliphatic carbocycles. The van der Waals surface area contributed by atoms with E-state index in [1.54, 1.807) is 0 Å². The number of nitrogens with one attached hydrogen (secondary N) is 1. The second-order valence-electron chi connectivity index (χ2n) is 6.38. The van der Waals surface area contributed by atoms with Gasteiger partial charge in [-0.05, 0) is 41.7 Å². The van der Waals surface area contributed by atoms with E-state index in [1.807, 2.05) is 6.92 Å². The van der Waals surface area contributed by atoms with Gasteiger partial charge in [0, 0.05) is 5.92 Å². The highest BCUT2D eigenvalue weighted by molar-refractivity contribution is 5.88. The average Bonchev–Trinajstić information content (AvgIpc) is 3.00. The summed E-state index contributed by atoms with van der Waals surface area (Å²) in [5.41, 5.74) is 5.89. The standard InChI is InChI=1S/C18H21NO2/c1-3-18-15(17(11(2)20)21-19-18)10-13-9-8-12-6-4-5-7-14(12)16(13)18/h4-9,11,15,17,19-20H,3,10H2,1-2H3/t11-,15+,17+,18-/m1/s1. The van der Waals surface area contributed by atoms with E-state index in [-0.39, 0.29) is 11.6 Å². The molecule has 2 N–H and O–H groups in total. The van der Waals surface area contributed by atoms with Crippen LogP contribution < -0.4 is 5.48 Å². The Balaban J connectivity index is 1.95. The average molecular weight is 283 g/mol. The lowest BCUT2D eigenvalue weighted by molar-refractivity contribution is -0.0532. The zero-order valence-corrected chi connectivity index (χ0v) is 12.5. The smallest absolute Gasteiger partial charge is 0.110 e. The molecule has 0 radical (unpaired) electrons. The van der Waals surface area contributed by atoms with Crippen molar-refractivity contribution in [3.63, 3.8) is 0 Å². The minimum Gasteiger partial charge on any atom is -0.391 e. The SMILES string of the molecule is CC[C@@]12NO[C@@H]([C@@H](C)O)[C@@H]1Cc1ccc3ccccc3c12. The van der Waals surface area contributed by atoms with Crippen LogP contribution in [0.3, 0.4) is 0 Å². The van der Waals surface area contributed by atoms with E-state index in [9.17, 15) is 5.11 Å². The summed E-state index contributed by atoms with van der Waals surface area (Å²) < 4.78 is 0. The highest BCUT2D eigenvalue weighted by Gasteiger charge is 2.56. The molecule has 21 heavy (non-hydrogen) atoms. The van der Waals surface area contributed by atoms with Gasteiger partial charge in [-0.2, -0.15) is 5.48 Å². The van der Waals surface area contributed by atoms with Crippen LogP contribution in [0.4, 0.5) is 0 Å². The van der Waals surface area contributed by atoms with Crippen molar-refractivity contribution in [2.75, 3.05) is 0 Å². The molecule has 0 unspecified atom stereocenters. The Morgan fingerprint density at radius 3 is 2.90 bits per heavy atom. The summed E-state index contributed by atoms with van der Waals surface area (Å²) in [6.45, 7) is 4.02. The van der Waals surface area contributed by atoms with Crippen molar-refractivity contribution in [1.82, 2.24) is 5.48 Å². The summed E-state index contributed by atoms with van der Waals surface area (Å²) in [6.07, 6.45) is 1.32. The molecule has 2 aromatic rings. The first-order valence-electron chi connectivity index (χ1n) is 7.79. The molecular formula is C18H21NO2. The van der Waals surface area contributed by atoms with Crippen molar-refractivity contribution in [3.8, 4) is 0 Å². The number of hydrogen-bond acceptors (Lipinski definition) is 3. The van der Waals surface area contributed by atoms with Gasteiger partial charge in [0.05, 0.1) is 11.6 Å². The van der Waals surface area contributed by atoms with Gasteiger partial charge in [-0.15, -0.1) is 0 Å². The number of fused-ring (bicyclic) bond motifs is 5. The molecule has 0 saturated carbocycles. The van der Waals surface area contributed by atoms with Crippen molar-refractivity contribution in [2.24, 2.45) is 5.92 Å². The summed E-state index contributed by atoms with van der Waals surface area (Å²) in [5, 5.41) is 12.6. The molecule has 3 heteroatoms. The minimum atomic E-state index is -0.462. The van der Waals surface area contributed by atoms with Gasteiger partial charge in [0.15, 0.2) is 0 Å². The lowest BCUT2D eigenvalue weighted by Gasteiger charge is -2.29. The Kier molecular flexibility index (Phi) is 2.86. The molecule has 1 saturated heterocycles. The van der Waals surface area contributed by atoms with Crippen LogP contribution in [0, 0.1) is 5.92 Å². The fraction of sp³-hybridized carbons (Fsp3) is 0.444. The van der Waals surface area contributed by atoms with E-state index in [4.69, 9.17) is 4.84 Å². The molecule has 1 aliphatic heterocycles. The van der Waals surface area contributed by atoms with Crippen molar-refractivity contribution in [3.05, 3.63) is 47.5 Å². The maximum Gasteiger partial charge on any atom is 0.110 e. The van der Waals surface area contributed by atoms with Crippen LogP contribution in [-0.4, -0.2) is 17.3 Å². The van der Waals surface area contributed by atoms with Crippen molar-refractivity contribution in [2.45, 2.75) is 44.4 Å². The molecule has 2 aromatic carbocycles. The van der Waals surface area contributed by atoms with Crippen LogP contribution in [0.1, 0.15) is 31.4 Å². The molecule has 0 aromatic heterocycles. The van der Waals surface area contributed by atoms with E-state index in [2.05, 4.69) is 48.8 Å². The van der Waals surface area contributed by atoms with E-state index in [1.165, 1.54) is 21.9 Å². The third-order valence-electron chi connectivity index (χ3n) is 5.34. The zero-order valence-electron chi connectivity index (χ0n) is 12.5. The van der Waals surface area contributed by atoms with Gasteiger partial charge >= 0.3 is 0 Å². The first-order chi connectivity index (χ1) is 10.2. The van der Waals surface area contributed by atoms with Crippen LogP contribution in [0.2, 0.25) is 0 Å². The molecule has 0 spiro atoms.